The van der Waals surface area contributed by atoms with Crippen LogP contribution < -0.4 is 4.74 Å². The van der Waals surface area contributed by atoms with Gasteiger partial charge in [-0.15, -0.1) is 0 Å². The molecular formula is C18H18N4O. The van der Waals surface area contributed by atoms with Gasteiger partial charge in [0.05, 0.1) is 6.61 Å². The van der Waals surface area contributed by atoms with E-state index < -0.39 is 0 Å². The van der Waals surface area contributed by atoms with Crippen LogP contribution >= 0.6 is 0 Å². The molecule has 0 saturated heterocycles. The van der Waals surface area contributed by atoms with E-state index in [2.05, 4.69) is 23.0 Å². The summed E-state index contributed by atoms with van der Waals surface area (Å²) in [5.74, 6) is 0.422. The molecule has 0 amide bonds. The summed E-state index contributed by atoms with van der Waals surface area (Å²) in [4.78, 5) is 8.73. The van der Waals surface area contributed by atoms with Crippen LogP contribution in [0.4, 0.5) is 0 Å². The maximum absolute atomic E-state index is 9.39. The van der Waals surface area contributed by atoms with Gasteiger partial charge in [0.15, 0.2) is 0 Å². The predicted molar refractivity (Wildman–Crippen MR) is 88.3 cm³/mol. The first-order valence-corrected chi connectivity index (χ1v) is 7.70. The van der Waals surface area contributed by atoms with Crippen molar-refractivity contribution in [3.8, 4) is 23.1 Å². The van der Waals surface area contributed by atoms with E-state index in [1.165, 1.54) is 0 Å². The highest BCUT2D eigenvalue weighted by atomic mass is 16.5. The van der Waals surface area contributed by atoms with Crippen molar-refractivity contribution in [2.75, 3.05) is 6.61 Å². The van der Waals surface area contributed by atoms with Crippen LogP contribution in [0.5, 0.6) is 5.88 Å². The lowest BCUT2D eigenvalue weighted by atomic mass is 10.0. The van der Waals surface area contributed by atoms with Gasteiger partial charge in [-0.25, -0.2) is 9.97 Å². The summed E-state index contributed by atoms with van der Waals surface area (Å²) in [6.45, 7) is 4.61. The Kier molecular flexibility index (Phi) is 4.24. The topological polar surface area (TPSA) is 63.2 Å². The van der Waals surface area contributed by atoms with Gasteiger partial charge in [-0.2, -0.15) is 5.26 Å². The fourth-order valence-electron chi connectivity index (χ4n) is 2.46. The molecule has 0 saturated carbocycles. The van der Waals surface area contributed by atoms with E-state index in [0.29, 0.717) is 18.1 Å². The number of unbranched alkanes of at least 4 members (excludes halogenated alkanes) is 1. The van der Waals surface area contributed by atoms with Gasteiger partial charge < -0.3 is 9.14 Å². The lowest BCUT2D eigenvalue weighted by Crippen LogP contribution is -2.03. The minimum Gasteiger partial charge on any atom is -0.477 e. The van der Waals surface area contributed by atoms with Gasteiger partial charge in [0, 0.05) is 35.4 Å². The number of rotatable bonds is 5. The van der Waals surface area contributed by atoms with Crippen LogP contribution in [0.1, 0.15) is 31.0 Å². The van der Waals surface area contributed by atoms with Crippen LogP contribution in [0.2, 0.25) is 0 Å². The number of ether oxygens (including phenoxy) is 1. The summed E-state index contributed by atoms with van der Waals surface area (Å²) < 4.78 is 7.60. The Balaban J connectivity index is 2.00. The summed E-state index contributed by atoms with van der Waals surface area (Å²) in [7, 11) is 0. The molecule has 0 aromatic carbocycles. The van der Waals surface area contributed by atoms with Crippen LogP contribution in [0, 0.1) is 18.3 Å². The number of hydrogen-bond acceptors (Lipinski definition) is 4. The lowest BCUT2D eigenvalue weighted by Gasteiger charge is -2.11. The van der Waals surface area contributed by atoms with Gasteiger partial charge >= 0.3 is 0 Å². The molecule has 23 heavy (non-hydrogen) atoms. The molecule has 0 unspecified atom stereocenters. The number of aryl methyl sites for hydroxylation is 1. The van der Waals surface area contributed by atoms with Crippen LogP contribution in [0.25, 0.3) is 16.8 Å². The number of imidazole rings is 1. The Morgan fingerprint density at radius 2 is 2.22 bits per heavy atom. The molecule has 0 aliphatic heterocycles. The maximum Gasteiger partial charge on any atom is 0.231 e. The first-order chi connectivity index (χ1) is 11.2. The zero-order valence-corrected chi connectivity index (χ0v) is 13.3. The minimum absolute atomic E-state index is 0.422. The molecule has 3 heterocycles. The van der Waals surface area contributed by atoms with Gasteiger partial charge in [-0.05, 0) is 31.5 Å². The molecule has 0 N–H and O–H groups in total. The van der Waals surface area contributed by atoms with Crippen LogP contribution in [0.15, 0.2) is 36.8 Å². The second-order valence-corrected chi connectivity index (χ2v) is 5.40. The van der Waals surface area contributed by atoms with E-state index in [1.807, 2.05) is 41.9 Å². The quantitative estimate of drug-likeness (QED) is 0.673. The highest BCUT2D eigenvalue weighted by molar-refractivity contribution is 5.69. The first-order valence-electron chi connectivity index (χ1n) is 7.70. The van der Waals surface area contributed by atoms with Crippen molar-refractivity contribution in [3.05, 3.63) is 48.0 Å². The molecule has 3 aromatic rings. The van der Waals surface area contributed by atoms with Crippen LogP contribution in [-0.2, 0) is 0 Å². The molecule has 0 bridgehead atoms. The average Bonchev–Trinajstić information content (AvgIpc) is 3.03. The molecule has 3 rings (SSSR count). The maximum atomic E-state index is 9.39. The highest BCUT2D eigenvalue weighted by Gasteiger charge is 2.12. The number of fused-ring (bicyclic) bond motifs is 1. The van der Waals surface area contributed by atoms with Gasteiger partial charge in [-0.3, -0.25) is 0 Å². The van der Waals surface area contributed by atoms with Crippen molar-refractivity contribution in [3.63, 3.8) is 0 Å². The Labute approximate surface area is 135 Å². The molecule has 5 nitrogen and oxygen atoms in total. The summed E-state index contributed by atoms with van der Waals surface area (Å²) >= 11 is 0. The highest BCUT2D eigenvalue weighted by Crippen LogP contribution is 2.28. The number of aromatic nitrogens is 3. The molecule has 0 radical (unpaired) electrons. The number of nitriles is 1. The minimum atomic E-state index is 0.422. The zero-order valence-electron chi connectivity index (χ0n) is 13.3. The molecule has 0 aliphatic carbocycles. The van der Waals surface area contributed by atoms with Crippen molar-refractivity contribution in [1.29, 1.82) is 5.26 Å². The third-order valence-corrected chi connectivity index (χ3v) is 3.73. The van der Waals surface area contributed by atoms with Crippen molar-refractivity contribution in [1.82, 2.24) is 14.4 Å². The average molecular weight is 306 g/mol. The lowest BCUT2D eigenvalue weighted by molar-refractivity contribution is 0.296. The van der Waals surface area contributed by atoms with Gasteiger partial charge in [0.2, 0.25) is 5.88 Å². The summed E-state index contributed by atoms with van der Waals surface area (Å²) in [6.07, 6.45) is 7.64. The molecular weight excluding hydrogens is 288 g/mol. The fourth-order valence-corrected chi connectivity index (χ4v) is 2.46. The van der Waals surface area contributed by atoms with E-state index in [-0.39, 0.29) is 0 Å². The molecule has 5 heteroatoms. The summed E-state index contributed by atoms with van der Waals surface area (Å²) in [5.41, 5.74) is 4.12. The normalized spacial score (nSPS) is 10.7. The Bertz CT molecular complexity index is 876. The van der Waals surface area contributed by atoms with E-state index in [4.69, 9.17) is 4.74 Å². The number of hydrogen-bond donors (Lipinski definition) is 0. The van der Waals surface area contributed by atoms with E-state index in [0.717, 1.165) is 35.3 Å². The van der Waals surface area contributed by atoms with E-state index in [9.17, 15) is 5.26 Å². The van der Waals surface area contributed by atoms with Gasteiger partial charge in [-0.1, -0.05) is 13.3 Å². The van der Waals surface area contributed by atoms with Gasteiger partial charge in [0.25, 0.3) is 0 Å². The fraction of sp³-hybridized carbons (Fsp3) is 0.278. The van der Waals surface area contributed by atoms with Crippen molar-refractivity contribution < 1.29 is 4.74 Å². The van der Waals surface area contributed by atoms with Crippen molar-refractivity contribution >= 4 is 5.65 Å². The molecule has 0 spiro atoms. The smallest absolute Gasteiger partial charge is 0.231 e. The van der Waals surface area contributed by atoms with Crippen molar-refractivity contribution in [2.45, 2.75) is 26.7 Å². The number of pyridine rings is 2. The largest absolute Gasteiger partial charge is 0.477 e. The summed E-state index contributed by atoms with van der Waals surface area (Å²) in [5, 5.41) is 9.39. The second-order valence-electron chi connectivity index (χ2n) is 5.40. The predicted octanol–water partition coefficient (Wildman–Crippen LogP) is 3.76. The van der Waals surface area contributed by atoms with Gasteiger partial charge in [0.1, 0.15) is 17.3 Å². The SMILES string of the molecule is CCCCOc1nc(C)c(-c2ccc3nccn3c2)cc1C#N. The summed E-state index contributed by atoms with van der Waals surface area (Å²) in [6, 6.07) is 7.98. The Morgan fingerprint density at radius 3 is 3.00 bits per heavy atom. The van der Waals surface area contributed by atoms with E-state index in [1.54, 1.807) is 6.20 Å². The Morgan fingerprint density at radius 1 is 1.35 bits per heavy atom. The monoisotopic (exact) mass is 306 g/mol. The Hall–Kier alpha value is -2.87. The third-order valence-electron chi connectivity index (χ3n) is 3.73. The molecule has 116 valence electrons. The molecule has 0 aliphatic rings. The zero-order chi connectivity index (χ0) is 16.2. The number of nitrogens with zero attached hydrogens (tertiary/aromatic N) is 4. The standard InChI is InChI=1S/C18H18N4O/c1-3-4-9-23-18-15(11-19)10-16(13(2)21-18)14-5-6-17-20-7-8-22(17)12-14/h5-8,10,12H,3-4,9H2,1-2H3. The first kappa shape index (κ1) is 15.0. The molecule has 0 atom stereocenters. The van der Waals surface area contributed by atoms with Crippen molar-refractivity contribution in [2.24, 2.45) is 0 Å². The third kappa shape index (κ3) is 3.02. The second kappa shape index (κ2) is 6.49. The molecule has 0 fully saturated rings. The van der Waals surface area contributed by atoms with Crippen LogP contribution in [-0.4, -0.2) is 21.0 Å². The van der Waals surface area contributed by atoms with E-state index >= 15 is 0 Å². The molecule has 3 aromatic heterocycles. The van der Waals surface area contributed by atoms with Crippen LogP contribution in [0.3, 0.4) is 0 Å².